The van der Waals surface area contributed by atoms with Gasteiger partial charge < -0.3 is 19.7 Å². The van der Waals surface area contributed by atoms with E-state index in [4.69, 9.17) is 9.47 Å². The van der Waals surface area contributed by atoms with Gasteiger partial charge in [-0.1, -0.05) is 6.07 Å². The van der Waals surface area contributed by atoms with Gasteiger partial charge in [0.05, 0.1) is 43.7 Å². The standard InChI is InChI=1S/C20H20F4N2O3/c1-28-18-5-2-13(10-15(18)21)11-19(27)25-16-12-14(20(22,23)24)3-4-17(16)26-6-8-29-9-7-26/h2-5,10,12H,6-9,11H2,1H3,(H,25,27). The molecule has 0 spiro atoms. The number of ether oxygens (including phenoxy) is 2. The van der Waals surface area contributed by atoms with Gasteiger partial charge in [0.15, 0.2) is 11.6 Å². The molecule has 2 aromatic rings. The monoisotopic (exact) mass is 412 g/mol. The van der Waals surface area contributed by atoms with Gasteiger partial charge in [-0.15, -0.1) is 0 Å². The van der Waals surface area contributed by atoms with Crippen molar-refractivity contribution in [1.29, 1.82) is 0 Å². The summed E-state index contributed by atoms with van der Waals surface area (Å²) in [6, 6.07) is 7.32. The number of nitrogens with one attached hydrogen (secondary N) is 1. The maximum atomic E-state index is 13.8. The smallest absolute Gasteiger partial charge is 0.416 e. The molecule has 1 saturated heterocycles. The topological polar surface area (TPSA) is 50.8 Å². The van der Waals surface area contributed by atoms with E-state index in [1.165, 1.54) is 25.3 Å². The minimum absolute atomic E-state index is 0.0432. The van der Waals surface area contributed by atoms with Crippen LogP contribution in [0.3, 0.4) is 0 Å². The fraction of sp³-hybridized carbons (Fsp3) is 0.350. The van der Waals surface area contributed by atoms with E-state index in [0.717, 1.165) is 18.2 Å². The molecule has 0 saturated carbocycles. The van der Waals surface area contributed by atoms with E-state index in [2.05, 4.69) is 5.32 Å². The summed E-state index contributed by atoms with van der Waals surface area (Å²) in [6.45, 7) is 1.88. The molecule has 1 heterocycles. The zero-order valence-corrected chi connectivity index (χ0v) is 15.7. The number of hydrogen-bond acceptors (Lipinski definition) is 4. The van der Waals surface area contributed by atoms with Gasteiger partial charge in [-0.3, -0.25) is 4.79 Å². The first-order valence-corrected chi connectivity index (χ1v) is 8.94. The number of carbonyl (C=O) groups is 1. The zero-order chi connectivity index (χ0) is 21.0. The Balaban J connectivity index is 1.83. The summed E-state index contributed by atoms with van der Waals surface area (Å²) in [7, 11) is 1.32. The predicted octanol–water partition coefficient (Wildman–Crippen LogP) is 3.87. The quantitative estimate of drug-likeness (QED) is 0.758. The molecule has 0 aliphatic carbocycles. The molecule has 0 radical (unpaired) electrons. The predicted molar refractivity (Wildman–Crippen MR) is 99.8 cm³/mol. The van der Waals surface area contributed by atoms with E-state index < -0.39 is 23.5 Å². The van der Waals surface area contributed by atoms with E-state index in [0.29, 0.717) is 37.6 Å². The third-order valence-electron chi connectivity index (χ3n) is 4.53. The molecule has 0 aromatic heterocycles. The number of methoxy groups -OCH3 is 1. The van der Waals surface area contributed by atoms with Crippen LogP contribution in [0.25, 0.3) is 0 Å². The second-order valence-electron chi connectivity index (χ2n) is 6.52. The number of carbonyl (C=O) groups excluding carboxylic acids is 1. The summed E-state index contributed by atoms with van der Waals surface area (Å²) in [6.07, 6.45) is -4.73. The van der Waals surface area contributed by atoms with E-state index in [-0.39, 0.29) is 17.9 Å². The van der Waals surface area contributed by atoms with Crippen molar-refractivity contribution < 1.29 is 31.8 Å². The van der Waals surface area contributed by atoms with Crippen molar-refractivity contribution in [2.45, 2.75) is 12.6 Å². The van der Waals surface area contributed by atoms with Crippen LogP contribution < -0.4 is 15.0 Å². The highest BCUT2D eigenvalue weighted by Gasteiger charge is 2.32. The SMILES string of the molecule is COc1ccc(CC(=O)Nc2cc(C(F)(F)F)ccc2N2CCOCC2)cc1F. The number of amides is 1. The molecule has 1 aliphatic heterocycles. The normalized spacial score (nSPS) is 14.6. The van der Waals surface area contributed by atoms with Crippen molar-refractivity contribution in [3.8, 4) is 5.75 Å². The lowest BCUT2D eigenvalue weighted by Gasteiger charge is -2.31. The molecule has 3 rings (SSSR count). The summed E-state index contributed by atoms with van der Waals surface area (Å²) in [5.74, 6) is -1.13. The van der Waals surface area contributed by atoms with Crippen LogP contribution in [0.1, 0.15) is 11.1 Å². The lowest BCUT2D eigenvalue weighted by atomic mass is 10.1. The second-order valence-corrected chi connectivity index (χ2v) is 6.52. The van der Waals surface area contributed by atoms with Gasteiger partial charge in [0.25, 0.3) is 0 Å². The van der Waals surface area contributed by atoms with Gasteiger partial charge in [-0.2, -0.15) is 13.2 Å². The first-order valence-electron chi connectivity index (χ1n) is 8.94. The maximum absolute atomic E-state index is 13.8. The molecule has 5 nitrogen and oxygen atoms in total. The molecule has 1 aliphatic rings. The Morgan fingerprint density at radius 3 is 2.52 bits per heavy atom. The molecular weight excluding hydrogens is 392 g/mol. The molecule has 1 amide bonds. The van der Waals surface area contributed by atoms with Gasteiger partial charge in [0.1, 0.15) is 0 Å². The molecule has 0 atom stereocenters. The Bertz CT molecular complexity index is 881. The lowest BCUT2D eigenvalue weighted by Crippen LogP contribution is -2.37. The summed E-state index contributed by atoms with van der Waals surface area (Å²) >= 11 is 0. The largest absolute Gasteiger partial charge is 0.494 e. The molecule has 29 heavy (non-hydrogen) atoms. The van der Waals surface area contributed by atoms with E-state index in [9.17, 15) is 22.4 Å². The number of morpholine rings is 1. The Hall–Kier alpha value is -2.81. The summed E-state index contributed by atoms with van der Waals surface area (Å²) in [4.78, 5) is 14.3. The van der Waals surface area contributed by atoms with Crippen LogP contribution >= 0.6 is 0 Å². The van der Waals surface area contributed by atoms with Crippen LogP contribution in [0.4, 0.5) is 28.9 Å². The van der Waals surface area contributed by atoms with Crippen LogP contribution in [0.2, 0.25) is 0 Å². The van der Waals surface area contributed by atoms with Crippen LogP contribution in [-0.4, -0.2) is 39.3 Å². The zero-order valence-electron chi connectivity index (χ0n) is 15.7. The lowest BCUT2D eigenvalue weighted by molar-refractivity contribution is -0.137. The fourth-order valence-electron chi connectivity index (χ4n) is 3.09. The van der Waals surface area contributed by atoms with E-state index >= 15 is 0 Å². The number of hydrogen-bond donors (Lipinski definition) is 1. The van der Waals surface area contributed by atoms with Gasteiger partial charge in [0.2, 0.25) is 5.91 Å². The van der Waals surface area contributed by atoms with Gasteiger partial charge in [-0.25, -0.2) is 4.39 Å². The summed E-state index contributed by atoms with van der Waals surface area (Å²) in [5.41, 5.74) is 0.0530. The van der Waals surface area contributed by atoms with Crippen LogP contribution in [0.5, 0.6) is 5.75 Å². The molecule has 0 bridgehead atoms. The van der Waals surface area contributed by atoms with Crippen molar-refractivity contribution in [1.82, 2.24) is 0 Å². The molecule has 9 heteroatoms. The van der Waals surface area contributed by atoms with Gasteiger partial charge in [-0.05, 0) is 35.9 Å². The molecule has 2 aromatic carbocycles. The van der Waals surface area contributed by atoms with Crippen molar-refractivity contribution >= 4 is 17.3 Å². The number of nitrogens with zero attached hydrogens (tertiary/aromatic N) is 1. The number of alkyl halides is 3. The van der Waals surface area contributed by atoms with Crippen molar-refractivity contribution in [2.75, 3.05) is 43.6 Å². The third-order valence-corrected chi connectivity index (χ3v) is 4.53. The number of halogens is 4. The number of benzene rings is 2. The van der Waals surface area contributed by atoms with Crippen LogP contribution in [-0.2, 0) is 22.1 Å². The van der Waals surface area contributed by atoms with Gasteiger partial charge in [0, 0.05) is 13.1 Å². The highest BCUT2D eigenvalue weighted by atomic mass is 19.4. The summed E-state index contributed by atoms with van der Waals surface area (Å²) < 4.78 is 63.4. The highest BCUT2D eigenvalue weighted by Crippen LogP contribution is 2.36. The minimum Gasteiger partial charge on any atom is -0.494 e. The fourth-order valence-corrected chi connectivity index (χ4v) is 3.09. The van der Waals surface area contributed by atoms with Crippen molar-refractivity contribution in [3.05, 3.63) is 53.3 Å². The maximum Gasteiger partial charge on any atom is 0.416 e. The van der Waals surface area contributed by atoms with Crippen LogP contribution in [0.15, 0.2) is 36.4 Å². The average Bonchev–Trinajstić information content (AvgIpc) is 2.68. The molecule has 1 N–H and O–H groups in total. The Morgan fingerprint density at radius 2 is 1.90 bits per heavy atom. The minimum atomic E-state index is -4.54. The first-order chi connectivity index (χ1) is 13.8. The molecule has 156 valence electrons. The second kappa shape index (κ2) is 8.69. The Labute approximate surface area is 165 Å². The van der Waals surface area contributed by atoms with E-state index in [1.807, 2.05) is 4.90 Å². The van der Waals surface area contributed by atoms with E-state index in [1.54, 1.807) is 0 Å². The highest BCUT2D eigenvalue weighted by molar-refractivity contribution is 5.95. The third kappa shape index (κ3) is 5.17. The summed E-state index contributed by atoms with van der Waals surface area (Å²) in [5, 5.41) is 2.54. The average molecular weight is 412 g/mol. The van der Waals surface area contributed by atoms with Crippen molar-refractivity contribution in [2.24, 2.45) is 0 Å². The number of rotatable bonds is 5. The Kier molecular flexibility index (Phi) is 6.26. The molecular formula is C20H20F4N2O3. The first kappa shape index (κ1) is 20.9. The van der Waals surface area contributed by atoms with Crippen LogP contribution in [0, 0.1) is 5.82 Å². The van der Waals surface area contributed by atoms with Gasteiger partial charge >= 0.3 is 6.18 Å². The van der Waals surface area contributed by atoms with Crippen molar-refractivity contribution in [3.63, 3.8) is 0 Å². The molecule has 1 fully saturated rings. The number of anilines is 2. The molecule has 0 unspecified atom stereocenters. The Morgan fingerprint density at radius 1 is 1.17 bits per heavy atom.